The van der Waals surface area contributed by atoms with Gasteiger partial charge in [-0.25, -0.2) is 13.1 Å². The molecule has 0 radical (unpaired) electrons. The third-order valence-electron chi connectivity index (χ3n) is 3.72. The Kier molecular flexibility index (Phi) is 6.21. The van der Waals surface area contributed by atoms with Gasteiger partial charge in [-0.15, -0.1) is 0 Å². The molecule has 8 heteroatoms. The molecule has 1 aromatic rings. The number of nitrogens with one attached hydrogen (secondary N) is 3. The van der Waals surface area contributed by atoms with Crippen LogP contribution in [0.2, 0.25) is 0 Å². The van der Waals surface area contributed by atoms with Gasteiger partial charge < -0.3 is 15.4 Å². The van der Waals surface area contributed by atoms with Crippen molar-refractivity contribution >= 4 is 21.6 Å². The number of morpholine rings is 1. The molecule has 3 N–H and O–H groups in total. The summed E-state index contributed by atoms with van der Waals surface area (Å²) < 4.78 is 33.1. The quantitative estimate of drug-likeness (QED) is 0.729. The van der Waals surface area contributed by atoms with E-state index in [2.05, 4.69) is 15.4 Å². The monoisotopic (exact) mass is 369 g/mol. The van der Waals surface area contributed by atoms with Crippen LogP contribution in [0.5, 0.6) is 0 Å². The largest absolute Gasteiger partial charge is 0.378 e. The molecule has 1 unspecified atom stereocenters. The Morgan fingerprint density at radius 3 is 2.68 bits per heavy atom. The minimum atomic E-state index is -3.67. The van der Waals surface area contributed by atoms with Crippen LogP contribution in [0.15, 0.2) is 23.1 Å². The highest BCUT2D eigenvalue weighted by Crippen LogP contribution is 2.24. The van der Waals surface area contributed by atoms with Crippen molar-refractivity contribution < 1.29 is 17.9 Å². The van der Waals surface area contributed by atoms with Crippen molar-refractivity contribution in [3.05, 3.63) is 23.8 Å². The fraction of sp³-hybridized carbons (Fsp3) is 0.588. The lowest BCUT2D eigenvalue weighted by molar-refractivity contribution is -0.117. The number of benzene rings is 1. The van der Waals surface area contributed by atoms with Crippen LogP contribution >= 0.6 is 0 Å². The number of amides is 1. The van der Waals surface area contributed by atoms with Gasteiger partial charge in [0.05, 0.1) is 18.1 Å². The summed E-state index contributed by atoms with van der Waals surface area (Å²) in [6.07, 6.45) is 0.274. The van der Waals surface area contributed by atoms with Crippen LogP contribution in [0.1, 0.15) is 32.8 Å². The van der Waals surface area contributed by atoms with Crippen LogP contribution in [0.4, 0.5) is 5.69 Å². The highest BCUT2D eigenvalue weighted by atomic mass is 32.2. The number of hydrogen-bond acceptors (Lipinski definition) is 5. The molecule has 7 nitrogen and oxygen atoms in total. The van der Waals surface area contributed by atoms with Crippen LogP contribution in [-0.4, -0.2) is 45.7 Å². The Morgan fingerprint density at radius 2 is 2.08 bits per heavy atom. The number of anilines is 1. The lowest BCUT2D eigenvalue weighted by Gasteiger charge is -2.24. The average Bonchev–Trinajstić information content (AvgIpc) is 2.47. The van der Waals surface area contributed by atoms with E-state index >= 15 is 0 Å². The van der Waals surface area contributed by atoms with E-state index in [1.165, 1.54) is 6.07 Å². The predicted molar refractivity (Wildman–Crippen MR) is 97.1 cm³/mol. The lowest BCUT2D eigenvalue weighted by atomic mass is 10.1. The first-order chi connectivity index (χ1) is 11.6. The Labute approximate surface area is 149 Å². The molecule has 1 aromatic carbocycles. The topological polar surface area (TPSA) is 96.5 Å². The van der Waals surface area contributed by atoms with Gasteiger partial charge in [-0.3, -0.25) is 4.79 Å². The molecule has 0 bridgehead atoms. The van der Waals surface area contributed by atoms with Crippen molar-refractivity contribution in [1.82, 2.24) is 10.0 Å². The third-order valence-corrected chi connectivity index (χ3v) is 5.62. The number of carbonyl (C=O) groups is 1. The second-order valence-electron chi connectivity index (χ2n) is 7.26. The van der Waals surface area contributed by atoms with E-state index in [0.717, 1.165) is 6.54 Å². The molecule has 1 aliphatic heterocycles. The molecular weight excluding hydrogens is 342 g/mol. The second kappa shape index (κ2) is 7.82. The van der Waals surface area contributed by atoms with Gasteiger partial charge in [-0.1, -0.05) is 6.07 Å². The minimum Gasteiger partial charge on any atom is -0.378 e. The summed E-state index contributed by atoms with van der Waals surface area (Å²) in [6.45, 7) is 8.91. The summed E-state index contributed by atoms with van der Waals surface area (Å²) in [5.41, 5.74) is 0.427. The standard InChI is InChI=1S/C17H27N3O4S/c1-12-14(19-16(21)10-13-11-24-9-8-18-13)6-5-7-15(12)25(22,23)20-17(2,3)4/h5-7,13,18,20H,8-11H2,1-4H3,(H,19,21). The maximum Gasteiger partial charge on any atom is 0.241 e. The molecule has 1 heterocycles. The summed E-state index contributed by atoms with van der Waals surface area (Å²) in [4.78, 5) is 12.4. The Bertz CT molecular complexity index is 720. The van der Waals surface area contributed by atoms with Crippen LogP contribution in [0.25, 0.3) is 0 Å². The number of rotatable bonds is 5. The molecule has 2 rings (SSSR count). The van der Waals surface area contributed by atoms with Gasteiger partial charge in [0.2, 0.25) is 15.9 Å². The molecule has 0 aliphatic carbocycles. The summed E-state index contributed by atoms with van der Waals surface area (Å²) >= 11 is 0. The highest BCUT2D eigenvalue weighted by Gasteiger charge is 2.25. The van der Waals surface area contributed by atoms with Crippen molar-refractivity contribution in [1.29, 1.82) is 0 Å². The van der Waals surface area contributed by atoms with Gasteiger partial charge in [0, 0.05) is 30.2 Å². The van der Waals surface area contributed by atoms with Crippen molar-refractivity contribution in [2.75, 3.05) is 25.1 Å². The van der Waals surface area contributed by atoms with Crippen LogP contribution in [0.3, 0.4) is 0 Å². The molecule has 1 fully saturated rings. The maximum atomic E-state index is 12.6. The van der Waals surface area contributed by atoms with E-state index in [-0.39, 0.29) is 23.3 Å². The van der Waals surface area contributed by atoms with Gasteiger partial charge in [-0.05, 0) is 45.4 Å². The first-order valence-corrected chi connectivity index (χ1v) is 9.81. The van der Waals surface area contributed by atoms with Crippen LogP contribution < -0.4 is 15.4 Å². The lowest BCUT2D eigenvalue weighted by Crippen LogP contribution is -2.43. The molecule has 1 aliphatic rings. The Balaban J connectivity index is 2.13. The highest BCUT2D eigenvalue weighted by molar-refractivity contribution is 7.89. The molecule has 140 valence electrons. The zero-order chi connectivity index (χ0) is 18.7. The zero-order valence-corrected chi connectivity index (χ0v) is 16.0. The number of sulfonamides is 1. The van der Waals surface area contributed by atoms with Crippen molar-refractivity contribution in [3.63, 3.8) is 0 Å². The van der Waals surface area contributed by atoms with Crippen LogP contribution in [-0.2, 0) is 19.6 Å². The van der Waals surface area contributed by atoms with Crippen LogP contribution in [0, 0.1) is 6.92 Å². The molecule has 0 aromatic heterocycles. The minimum absolute atomic E-state index is 0.0245. The first kappa shape index (κ1) is 19.8. The van der Waals surface area contributed by atoms with E-state index in [0.29, 0.717) is 24.5 Å². The Morgan fingerprint density at radius 1 is 1.36 bits per heavy atom. The van der Waals surface area contributed by atoms with E-state index in [1.807, 2.05) is 0 Å². The first-order valence-electron chi connectivity index (χ1n) is 8.33. The van der Waals surface area contributed by atoms with E-state index in [4.69, 9.17) is 4.74 Å². The number of ether oxygens (including phenoxy) is 1. The summed E-state index contributed by atoms with van der Waals surface area (Å²) in [6, 6.07) is 4.84. The molecule has 1 atom stereocenters. The van der Waals surface area contributed by atoms with Gasteiger partial charge in [0.25, 0.3) is 0 Å². The summed E-state index contributed by atoms with van der Waals surface area (Å²) in [5.74, 6) is -0.176. The second-order valence-corrected chi connectivity index (χ2v) is 8.91. The molecule has 1 saturated heterocycles. The average molecular weight is 369 g/mol. The zero-order valence-electron chi connectivity index (χ0n) is 15.2. The summed E-state index contributed by atoms with van der Waals surface area (Å²) in [7, 11) is -3.67. The van der Waals surface area contributed by atoms with E-state index < -0.39 is 15.6 Å². The number of hydrogen-bond donors (Lipinski definition) is 3. The third kappa shape index (κ3) is 5.78. The van der Waals surface area contributed by atoms with E-state index in [9.17, 15) is 13.2 Å². The van der Waals surface area contributed by atoms with Crippen molar-refractivity contribution in [2.24, 2.45) is 0 Å². The van der Waals surface area contributed by atoms with Gasteiger partial charge >= 0.3 is 0 Å². The summed E-state index contributed by atoms with van der Waals surface area (Å²) in [5, 5.41) is 6.03. The van der Waals surface area contributed by atoms with Crippen molar-refractivity contribution in [2.45, 2.75) is 50.6 Å². The molecule has 0 spiro atoms. The molecule has 1 amide bonds. The van der Waals surface area contributed by atoms with E-state index in [1.54, 1.807) is 39.8 Å². The molecular formula is C17H27N3O4S. The smallest absolute Gasteiger partial charge is 0.241 e. The fourth-order valence-electron chi connectivity index (χ4n) is 2.67. The molecule has 25 heavy (non-hydrogen) atoms. The van der Waals surface area contributed by atoms with Gasteiger partial charge in [0.15, 0.2) is 0 Å². The fourth-order valence-corrected chi connectivity index (χ4v) is 4.36. The van der Waals surface area contributed by atoms with Crippen molar-refractivity contribution in [3.8, 4) is 0 Å². The normalized spacial score (nSPS) is 18.8. The van der Waals surface area contributed by atoms with Gasteiger partial charge in [-0.2, -0.15) is 0 Å². The Hall–Kier alpha value is -1.48. The number of carbonyl (C=O) groups excluding carboxylic acids is 1. The SMILES string of the molecule is Cc1c(NC(=O)CC2COCCN2)cccc1S(=O)(=O)NC(C)(C)C. The predicted octanol–water partition coefficient (Wildman–Crippen LogP) is 1.39. The molecule has 0 saturated carbocycles. The maximum absolute atomic E-state index is 12.6. The van der Waals surface area contributed by atoms with Gasteiger partial charge in [0.1, 0.15) is 0 Å².